The van der Waals surface area contributed by atoms with Crippen LogP contribution in [0.2, 0.25) is 0 Å². The van der Waals surface area contributed by atoms with Gasteiger partial charge >= 0.3 is 6.61 Å². The van der Waals surface area contributed by atoms with Crippen LogP contribution in [0.25, 0.3) is 11.4 Å². The van der Waals surface area contributed by atoms with Gasteiger partial charge in [0.2, 0.25) is 5.88 Å². The number of benzene rings is 1. The highest BCUT2D eigenvalue weighted by atomic mass is 19.3. The number of nitrogens with one attached hydrogen (secondary N) is 1. The van der Waals surface area contributed by atoms with Gasteiger partial charge in [0.25, 0.3) is 5.56 Å². The molecule has 1 aromatic heterocycles. The fourth-order valence-corrected chi connectivity index (χ4v) is 1.74. The Morgan fingerprint density at radius 3 is 2.50 bits per heavy atom. The minimum Gasteiger partial charge on any atom is -0.493 e. The molecule has 0 bridgehead atoms. The lowest BCUT2D eigenvalue weighted by Crippen LogP contribution is -2.14. The number of hydrogen-bond donors (Lipinski definition) is 2. The molecule has 2 N–H and O–H groups in total. The molecule has 0 aliphatic carbocycles. The number of hydrogen-bond acceptors (Lipinski definition) is 4. The second-order valence-corrected chi connectivity index (χ2v) is 3.97. The molecule has 0 spiro atoms. The number of aromatic hydroxyl groups is 1. The number of nitrogens with zero attached hydrogens (tertiary/aromatic N) is 1. The lowest BCUT2D eigenvalue weighted by atomic mass is 10.2. The van der Waals surface area contributed by atoms with Crippen LogP contribution in [0, 0.1) is 0 Å². The molecule has 0 saturated heterocycles. The number of rotatable bonds is 4. The Hall–Kier alpha value is -2.44. The molecule has 1 aromatic carbocycles. The van der Waals surface area contributed by atoms with Gasteiger partial charge in [-0.2, -0.15) is 13.8 Å². The Labute approximate surface area is 112 Å². The Kier molecular flexibility index (Phi) is 3.97. The highest BCUT2D eigenvalue weighted by molar-refractivity contribution is 5.56. The van der Waals surface area contributed by atoms with E-state index in [4.69, 9.17) is 0 Å². The van der Waals surface area contributed by atoms with Crippen LogP contribution in [0.3, 0.4) is 0 Å². The van der Waals surface area contributed by atoms with Crippen LogP contribution in [-0.2, 0) is 6.42 Å². The average Bonchev–Trinajstić information content (AvgIpc) is 2.38. The summed E-state index contributed by atoms with van der Waals surface area (Å²) in [5.41, 5.74) is 0.246. The van der Waals surface area contributed by atoms with Gasteiger partial charge in [-0.1, -0.05) is 6.92 Å². The minimum atomic E-state index is -2.90. The maximum absolute atomic E-state index is 12.0. The molecule has 106 valence electrons. The van der Waals surface area contributed by atoms with Crippen molar-refractivity contribution in [3.8, 4) is 23.0 Å². The number of aromatic amines is 1. The molecule has 2 aromatic rings. The van der Waals surface area contributed by atoms with E-state index < -0.39 is 12.2 Å². The highest BCUT2D eigenvalue weighted by Crippen LogP contribution is 2.22. The lowest BCUT2D eigenvalue weighted by Gasteiger charge is -2.07. The summed E-state index contributed by atoms with van der Waals surface area (Å²) in [6.45, 7) is -1.17. The van der Waals surface area contributed by atoms with Crippen molar-refractivity contribution in [2.45, 2.75) is 20.0 Å². The summed E-state index contributed by atoms with van der Waals surface area (Å²) in [6, 6.07) is 5.57. The topological polar surface area (TPSA) is 75.2 Å². The molecular weight excluding hydrogens is 270 g/mol. The maximum atomic E-state index is 12.0. The third-order valence-corrected chi connectivity index (χ3v) is 2.70. The van der Waals surface area contributed by atoms with Crippen molar-refractivity contribution >= 4 is 0 Å². The van der Waals surface area contributed by atoms with Crippen LogP contribution < -0.4 is 10.3 Å². The zero-order valence-electron chi connectivity index (χ0n) is 10.6. The highest BCUT2D eigenvalue weighted by Gasteiger charge is 2.10. The van der Waals surface area contributed by atoms with E-state index in [2.05, 4.69) is 14.7 Å². The van der Waals surface area contributed by atoms with Crippen LogP contribution in [0.15, 0.2) is 29.1 Å². The Bertz CT molecular complexity index is 654. The Morgan fingerprint density at radius 2 is 2.00 bits per heavy atom. The Balaban J connectivity index is 2.35. The average molecular weight is 282 g/mol. The van der Waals surface area contributed by atoms with Crippen molar-refractivity contribution in [2.24, 2.45) is 0 Å². The van der Waals surface area contributed by atoms with Crippen molar-refractivity contribution in [2.75, 3.05) is 0 Å². The van der Waals surface area contributed by atoms with Crippen molar-refractivity contribution in [3.05, 3.63) is 40.2 Å². The summed E-state index contributed by atoms with van der Waals surface area (Å²) in [4.78, 5) is 18.1. The maximum Gasteiger partial charge on any atom is 0.387 e. The van der Waals surface area contributed by atoms with Gasteiger partial charge in [0.05, 0.1) is 5.56 Å². The van der Waals surface area contributed by atoms with Gasteiger partial charge < -0.3 is 14.8 Å². The van der Waals surface area contributed by atoms with Gasteiger partial charge in [-0.3, -0.25) is 4.79 Å². The normalized spacial score (nSPS) is 10.8. The monoisotopic (exact) mass is 282 g/mol. The van der Waals surface area contributed by atoms with Gasteiger partial charge in [-0.05, 0) is 30.7 Å². The zero-order chi connectivity index (χ0) is 14.7. The van der Waals surface area contributed by atoms with Gasteiger partial charge in [0.15, 0.2) is 0 Å². The summed E-state index contributed by atoms with van der Waals surface area (Å²) in [5, 5.41) is 9.65. The van der Waals surface area contributed by atoms with Crippen molar-refractivity contribution < 1.29 is 18.6 Å². The molecule has 20 heavy (non-hydrogen) atoms. The standard InChI is InChI=1S/C13H12F2N2O3/c1-2-9-11(18)16-10(17-12(9)19)7-3-5-8(6-4-7)20-13(14)15/h3-6,13H,2H2,1H3,(H2,16,17,18,19). The van der Waals surface area contributed by atoms with Gasteiger partial charge in [-0.25, -0.2) is 0 Å². The zero-order valence-corrected chi connectivity index (χ0v) is 10.6. The van der Waals surface area contributed by atoms with E-state index in [0.717, 1.165) is 0 Å². The van der Waals surface area contributed by atoms with E-state index in [9.17, 15) is 18.7 Å². The second-order valence-electron chi connectivity index (χ2n) is 3.97. The molecule has 2 rings (SSSR count). The number of halogens is 2. The first-order valence-corrected chi connectivity index (χ1v) is 5.88. The molecule has 0 saturated carbocycles. The molecule has 0 unspecified atom stereocenters. The second kappa shape index (κ2) is 5.68. The molecule has 5 nitrogen and oxygen atoms in total. The third kappa shape index (κ3) is 2.93. The van der Waals surface area contributed by atoms with Crippen LogP contribution in [0.5, 0.6) is 11.6 Å². The van der Waals surface area contributed by atoms with Crippen LogP contribution in [0.1, 0.15) is 12.5 Å². The van der Waals surface area contributed by atoms with Gasteiger partial charge in [-0.15, -0.1) is 0 Å². The van der Waals surface area contributed by atoms with E-state index in [1.165, 1.54) is 24.3 Å². The first-order valence-electron chi connectivity index (χ1n) is 5.88. The number of alkyl halides is 2. The largest absolute Gasteiger partial charge is 0.493 e. The predicted molar refractivity (Wildman–Crippen MR) is 68.0 cm³/mol. The Morgan fingerprint density at radius 1 is 1.35 bits per heavy atom. The lowest BCUT2D eigenvalue weighted by molar-refractivity contribution is -0.0498. The summed E-state index contributed by atoms with van der Waals surface area (Å²) in [7, 11) is 0. The minimum absolute atomic E-state index is 0.000460. The fraction of sp³-hybridized carbons (Fsp3) is 0.231. The first kappa shape index (κ1) is 14.0. The SMILES string of the molecule is CCc1c(O)nc(-c2ccc(OC(F)F)cc2)[nH]c1=O. The van der Waals surface area contributed by atoms with E-state index in [1.807, 2.05) is 0 Å². The molecule has 1 heterocycles. The molecule has 0 amide bonds. The summed E-state index contributed by atoms with van der Waals surface area (Å²) in [5.74, 6) is -0.173. The van der Waals surface area contributed by atoms with Crippen LogP contribution in [-0.4, -0.2) is 21.7 Å². The van der Waals surface area contributed by atoms with Gasteiger partial charge in [0, 0.05) is 5.56 Å². The van der Waals surface area contributed by atoms with E-state index in [0.29, 0.717) is 12.0 Å². The summed E-state index contributed by atoms with van der Waals surface area (Å²) >= 11 is 0. The van der Waals surface area contributed by atoms with Crippen molar-refractivity contribution in [3.63, 3.8) is 0 Å². The molecular formula is C13H12F2N2O3. The molecule has 0 radical (unpaired) electrons. The molecule has 0 atom stereocenters. The molecule has 7 heteroatoms. The number of H-pyrrole nitrogens is 1. The van der Waals surface area contributed by atoms with Crippen molar-refractivity contribution in [1.29, 1.82) is 0 Å². The summed E-state index contributed by atoms with van der Waals surface area (Å²) in [6.07, 6.45) is 0.357. The molecule has 0 aliphatic rings. The van der Waals surface area contributed by atoms with Crippen LogP contribution in [0.4, 0.5) is 8.78 Å². The van der Waals surface area contributed by atoms with E-state index >= 15 is 0 Å². The predicted octanol–water partition coefficient (Wildman–Crippen LogP) is 2.31. The smallest absolute Gasteiger partial charge is 0.387 e. The van der Waals surface area contributed by atoms with Crippen LogP contribution >= 0.6 is 0 Å². The molecule has 0 aliphatic heterocycles. The fourth-order valence-electron chi connectivity index (χ4n) is 1.74. The summed E-state index contributed by atoms with van der Waals surface area (Å²) < 4.78 is 28.3. The first-order chi connectivity index (χ1) is 9.51. The van der Waals surface area contributed by atoms with E-state index in [1.54, 1.807) is 6.92 Å². The van der Waals surface area contributed by atoms with E-state index in [-0.39, 0.29) is 23.0 Å². The number of ether oxygens (including phenoxy) is 1. The third-order valence-electron chi connectivity index (χ3n) is 2.70. The quantitative estimate of drug-likeness (QED) is 0.902. The van der Waals surface area contributed by atoms with Gasteiger partial charge in [0.1, 0.15) is 11.6 Å². The number of aromatic nitrogens is 2. The molecule has 0 fully saturated rings. The van der Waals surface area contributed by atoms with Crippen molar-refractivity contribution in [1.82, 2.24) is 9.97 Å².